The van der Waals surface area contributed by atoms with E-state index in [0.29, 0.717) is 26.2 Å². The Kier molecular flexibility index (Phi) is 5.96. The van der Waals surface area contributed by atoms with E-state index in [9.17, 15) is 4.79 Å². The first-order chi connectivity index (χ1) is 12.7. The van der Waals surface area contributed by atoms with Crippen LogP contribution in [0.1, 0.15) is 23.6 Å². The molecule has 0 unspecified atom stereocenters. The normalized spacial score (nSPS) is 12.1. The van der Waals surface area contributed by atoms with Crippen LogP contribution >= 0.6 is 0 Å². The van der Waals surface area contributed by atoms with Crippen molar-refractivity contribution in [3.63, 3.8) is 0 Å². The summed E-state index contributed by atoms with van der Waals surface area (Å²) in [4.78, 5) is 14.3. The van der Waals surface area contributed by atoms with Gasteiger partial charge in [-0.15, -0.1) is 0 Å². The second-order valence-corrected chi connectivity index (χ2v) is 6.06. The van der Waals surface area contributed by atoms with Gasteiger partial charge in [0.2, 0.25) is 6.79 Å². The maximum absolute atomic E-state index is 12.6. The summed E-state index contributed by atoms with van der Waals surface area (Å²) in [7, 11) is 1.67. The monoisotopic (exact) mass is 356 g/mol. The molecule has 138 valence electrons. The fourth-order valence-electron chi connectivity index (χ4n) is 2.90. The molecular weight excluding hydrogens is 332 g/mol. The summed E-state index contributed by atoms with van der Waals surface area (Å²) in [6.07, 6.45) is 0. The fraction of sp³-hybridized carbons (Fsp3) is 0.350. The molecule has 0 aromatic heterocycles. The lowest BCUT2D eigenvalue weighted by Gasteiger charge is -2.22. The summed E-state index contributed by atoms with van der Waals surface area (Å²) in [5, 5.41) is 3.00. The number of urea groups is 1. The maximum Gasteiger partial charge on any atom is 0.317 e. The number of fused-ring (bicyclic) bond motifs is 1. The van der Waals surface area contributed by atoms with E-state index < -0.39 is 0 Å². The van der Waals surface area contributed by atoms with E-state index >= 15 is 0 Å². The molecule has 1 aliphatic heterocycles. The van der Waals surface area contributed by atoms with Gasteiger partial charge in [-0.05, 0) is 35.7 Å². The highest BCUT2D eigenvalue weighted by Crippen LogP contribution is 2.32. The van der Waals surface area contributed by atoms with Crippen LogP contribution in [0.2, 0.25) is 0 Å². The molecule has 1 aliphatic rings. The molecule has 2 aromatic rings. The number of nitrogens with one attached hydrogen (secondary N) is 1. The number of nitrogens with zero attached hydrogens (tertiary/aromatic N) is 1. The largest absolute Gasteiger partial charge is 0.454 e. The molecule has 0 radical (unpaired) electrons. The molecule has 1 N–H and O–H groups in total. The van der Waals surface area contributed by atoms with Crippen molar-refractivity contribution in [2.24, 2.45) is 0 Å². The molecule has 0 aliphatic carbocycles. The van der Waals surface area contributed by atoms with Gasteiger partial charge in [-0.1, -0.05) is 30.3 Å². The van der Waals surface area contributed by atoms with Crippen LogP contribution in [0.5, 0.6) is 11.5 Å². The predicted octanol–water partition coefficient (Wildman–Crippen LogP) is 3.29. The van der Waals surface area contributed by atoms with Crippen molar-refractivity contribution in [2.75, 3.05) is 20.4 Å². The van der Waals surface area contributed by atoms with Crippen molar-refractivity contribution in [3.05, 3.63) is 59.2 Å². The summed E-state index contributed by atoms with van der Waals surface area (Å²) < 4.78 is 15.9. The Morgan fingerprint density at radius 3 is 2.69 bits per heavy atom. The SMILES string of the molecule is CCN(Cc1ccc2c(c1)OCO2)C(=O)NCc1ccccc1COC. The molecule has 0 saturated carbocycles. The van der Waals surface area contributed by atoms with Crippen molar-refractivity contribution in [1.82, 2.24) is 10.2 Å². The summed E-state index contributed by atoms with van der Waals surface area (Å²) in [6.45, 7) is 4.33. The Morgan fingerprint density at radius 1 is 1.15 bits per heavy atom. The van der Waals surface area contributed by atoms with E-state index in [1.807, 2.05) is 49.4 Å². The maximum atomic E-state index is 12.6. The topological polar surface area (TPSA) is 60.0 Å². The molecule has 6 nitrogen and oxygen atoms in total. The first kappa shape index (κ1) is 18.1. The van der Waals surface area contributed by atoms with Crippen LogP contribution < -0.4 is 14.8 Å². The zero-order valence-electron chi connectivity index (χ0n) is 15.2. The first-order valence-electron chi connectivity index (χ1n) is 8.68. The van der Waals surface area contributed by atoms with E-state index in [4.69, 9.17) is 14.2 Å². The number of hydrogen-bond donors (Lipinski definition) is 1. The third-order valence-corrected chi connectivity index (χ3v) is 4.33. The molecule has 2 aromatic carbocycles. The van der Waals surface area contributed by atoms with Crippen LogP contribution in [0, 0.1) is 0 Å². The molecule has 0 spiro atoms. The zero-order valence-corrected chi connectivity index (χ0v) is 15.2. The van der Waals surface area contributed by atoms with Gasteiger partial charge in [-0.2, -0.15) is 0 Å². The fourth-order valence-corrected chi connectivity index (χ4v) is 2.90. The van der Waals surface area contributed by atoms with Crippen molar-refractivity contribution >= 4 is 6.03 Å². The Morgan fingerprint density at radius 2 is 1.92 bits per heavy atom. The van der Waals surface area contributed by atoms with E-state index in [1.54, 1.807) is 12.0 Å². The lowest BCUT2D eigenvalue weighted by molar-refractivity contribution is 0.173. The van der Waals surface area contributed by atoms with Gasteiger partial charge in [0.05, 0.1) is 6.61 Å². The number of ether oxygens (including phenoxy) is 3. The standard InChI is InChI=1S/C20H24N2O4/c1-3-22(12-15-8-9-18-19(10-15)26-14-25-18)20(23)21-11-16-6-4-5-7-17(16)13-24-2/h4-10H,3,11-14H2,1-2H3,(H,21,23). The Balaban J connectivity index is 1.60. The molecule has 26 heavy (non-hydrogen) atoms. The highest BCUT2D eigenvalue weighted by molar-refractivity contribution is 5.74. The Bertz CT molecular complexity index is 763. The smallest absolute Gasteiger partial charge is 0.317 e. The van der Waals surface area contributed by atoms with Gasteiger partial charge in [0.15, 0.2) is 11.5 Å². The highest BCUT2D eigenvalue weighted by atomic mass is 16.7. The van der Waals surface area contributed by atoms with Gasteiger partial charge in [0, 0.05) is 26.7 Å². The minimum Gasteiger partial charge on any atom is -0.454 e. The minimum absolute atomic E-state index is 0.0996. The van der Waals surface area contributed by atoms with Gasteiger partial charge >= 0.3 is 6.03 Å². The third-order valence-electron chi connectivity index (χ3n) is 4.33. The second-order valence-electron chi connectivity index (χ2n) is 6.06. The molecule has 6 heteroatoms. The van der Waals surface area contributed by atoms with Crippen molar-refractivity contribution < 1.29 is 19.0 Å². The van der Waals surface area contributed by atoms with Gasteiger partial charge in [-0.25, -0.2) is 4.79 Å². The van der Waals surface area contributed by atoms with Crippen LogP contribution in [-0.4, -0.2) is 31.4 Å². The highest BCUT2D eigenvalue weighted by Gasteiger charge is 2.16. The number of benzene rings is 2. The lowest BCUT2D eigenvalue weighted by atomic mass is 10.1. The van der Waals surface area contributed by atoms with Crippen LogP contribution in [0.15, 0.2) is 42.5 Å². The number of carbonyl (C=O) groups is 1. The van der Waals surface area contributed by atoms with Crippen molar-refractivity contribution in [2.45, 2.75) is 26.6 Å². The number of carbonyl (C=O) groups excluding carboxylic acids is 1. The molecule has 0 saturated heterocycles. The van der Waals surface area contributed by atoms with E-state index in [1.165, 1.54) is 0 Å². The van der Waals surface area contributed by atoms with Gasteiger partial charge in [0.25, 0.3) is 0 Å². The van der Waals surface area contributed by atoms with Gasteiger partial charge < -0.3 is 24.4 Å². The van der Waals surface area contributed by atoms with Crippen LogP contribution in [0.25, 0.3) is 0 Å². The van der Waals surface area contributed by atoms with E-state index in [2.05, 4.69) is 5.32 Å². The summed E-state index contributed by atoms with van der Waals surface area (Å²) >= 11 is 0. The van der Waals surface area contributed by atoms with Crippen LogP contribution in [0.3, 0.4) is 0 Å². The minimum atomic E-state index is -0.0996. The average Bonchev–Trinajstić information content (AvgIpc) is 3.13. The zero-order chi connectivity index (χ0) is 18.4. The Hall–Kier alpha value is -2.73. The van der Waals surface area contributed by atoms with Crippen LogP contribution in [-0.2, 0) is 24.4 Å². The third kappa shape index (κ3) is 4.26. The molecule has 0 fully saturated rings. The number of hydrogen-bond acceptors (Lipinski definition) is 4. The molecule has 0 bridgehead atoms. The molecule has 2 amide bonds. The van der Waals surface area contributed by atoms with Gasteiger partial charge in [-0.3, -0.25) is 0 Å². The molecule has 0 atom stereocenters. The van der Waals surface area contributed by atoms with Gasteiger partial charge in [0.1, 0.15) is 0 Å². The molecular formula is C20H24N2O4. The summed E-state index contributed by atoms with van der Waals surface area (Å²) in [6, 6.07) is 13.6. The first-order valence-corrected chi connectivity index (χ1v) is 8.68. The summed E-state index contributed by atoms with van der Waals surface area (Å²) in [5.41, 5.74) is 3.14. The lowest BCUT2D eigenvalue weighted by Crippen LogP contribution is -2.39. The average molecular weight is 356 g/mol. The quantitative estimate of drug-likeness (QED) is 0.827. The summed E-state index contributed by atoms with van der Waals surface area (Å²) in [5.74, 6) is 1.48. The Labute approximate surface area is 153 Å². The number of amides is 2. The van der Waals surface area contributed by atoms with E-state index in [0.717, 1.165) is 28.2 Å². The van der Waals surface area contributed by atoms with Crippen LogP contribution in [0.4, 0.5) is 4.79 Å². The van der Waals surface area contributed by atoms with E-state index in [-0.39, 0.29) is 12.8 Å². The number of methoxy groups -OCH3 is 1. The predicted molar refractivity (Wildman–Crippen MR) is 98.0 cm³/mol. The van der Waals surface area contributed by atoms with Crippen molar-refractivity contribution in [1.29, 1.82) is 0 Å². The molecule has 3 rings (SSSR count). The second kappa shape index (κ2) is 8.58. The number of rotatable bonds is 7. The van der Waals surface area contributed by atoms with Crippen molar-refractivity contribution in [3.8, 4) is 11.5 Å². The molecule has 1 heterocycles.